The van der Waals surface area contributed by atoms with E-state index in [1.54, 1.807) is 35.9 Å². The van der Waals surface area contributed by atoms with Crippen LogP contribution in [-0.4, -0.2) is 29.0 Å². The number of aryl methyl sites for hydroxylation is 1. The molecule has 1 aliphatic heterocycles. The monoisotopic (exact) mass is 411 g/mol. The summed E-state index contributed by atoms with van der Waals surface area (Å²) in [4.78, 5) is 24.8. The van der Waals surface area contributed by atoms with Gasteiger partial charge in [0.15, 0.2) is 17.2 Å². The lowest BCUT2D eigenvalue weighted by molar-refractivity contribution is 0.0946. The zero-order valence-corrected chi connectivity index (χ0v) is 16.4. The van der Waals surface area contributed by atoms with Crippen molar-refractivity contribution in [3.05, 3.63) is 80.7 Å². The molecule has 29 heavy (non-hydrogen) atoms. The lowest BCUT2D eigenvalue weighted by Crippen LogP contribution is -2.33. The van der Waals surface area contributed by atoms with Gasteiger partial charge in [-0.3, -0.25) is 9.59 Å². The van der Waals surface area contributed by atoms with Crippen LogP contribution in [0.4, 0.5) is 0 Å². The van der Waals surface area contributed by atoms with Gasteiger partial charge in [0, 0.05) is 23.3 Å². The van der Waals surface area contributed by atoms with E-state index in [2.05, 4.69) is 10.4 Å². The Hall–Kier alpha value is -3.32. The van der Waals surface area contributed by atoms with Crippen LogP contribution >= 0.6 is 11.6 Å². The van der Waals surface area contributed by atoms with Crippen molar-refractivity contribution in [3.8, 4) is 17.2 Å². The van der Waals surface area contributed by atoms with Gasteiger partial charge in [0.05, 0.1) is 5.69 Å². The zero-order chi connectivity index (χ0) is 20.4. The van der Waals surface area contributed by atoms with E-state index >= 15 is 0 Å². The van der Waals surface area contributed by atoms with E-state index < -0.39 is 11.3 Å². The number of rotatable bonds is 5. The molecule has 2 heterocycles. The van der Waals surface area contributed by atoms with Crippen LogP contribution in [0.3, 0.4) is 0 Å². The lowest BCUT2D eigenvalue weighted by Gasteiger charge is -2.11. The van der Waals surface area contributed by atoms with Crippen LogP contribution in [0.5, 0.6) is 11.5 Å². The Morgan fingerprint density at radius 2 is 1.90 bits per heavy atom. The number of nitrogens with zero attached hydrogens (tertiary/aromatic N) is 2. The summed E-state index contributed by atoms with van der Waals surface area (Å²) in [6.07, 6.45) is 0.583. The number of carbonyl (C=O) groups is 1. The maximum absolute atomic E-state index is 12.5. The maximum Gasteiger partial charge on any atom is 0.275 e. The maximum atomic E-state index is 12.5. The third-order valence-electron chi connectivity index (χ3n) is 4.53. The molecule has 4 rings (SSSR count). The number of fused-ring (bicyclic) bond motifs is 1. The summed E-state index contributed by atoms with van der Waals surface area (Å²) in [5.41, 5.74) is 1.74. The third kappa shape index (κ3) is 4.09. The molecule has 0 aliphatic carbocycles. The molecule has 1 amide bonds. The van der Waals surface area contributed by atoms with Gasteiger partial charge < -0.3 is 14.8 Å². The molecule has 1 aromatic heterocycles. The fourth-order valence-electron chi connectivity index (χ4n) is 3.05. The first kappa shape index (κ1) is 19.0. The number of carbonyl (C=O) groups excluding carboxylic acids is 1. The first-order valence-corrected chi connectivity index (χ1v) is 9.43. The number of benzene rings is 2. The molecular formula is C21H18ClN3O4. The van der Waals surface area contributed by atoms with Crippen LogP contribution in [0.1, 0.15) is 21.7 Å². The number of ether oxygens (including phenoxy) is 2. The van der Waals surface area contributed by atoms with E-state index in [0.29, 0.717) is 40.9 Å². The van der Waals surface area contributed by atoms with Gasteiger partial charge in [-0.25, -0.2) is 4.68 Å². The van der Waals surface area contributed by atoms with E-state index in [0.717, 1.165) is 5.56 Å². The summed E-state index contributed by atoms with van der Waals surface area (Å²) in [5, 5.41) is 7.60. The van der Waals surface area contributed by atoms with Crippen LogP contribution in [0.2, 0.25) is 5.02 Å². The lowest BCUT2D eigenvalue weighted by atomic mass is 10.1. The highest BCUT2D eigenvalue weighted by Gasteiger charge is 2.16. The molecule has 0 atom stereocenters. The Balaban J connectivity index is 1.47. The van der Waals surface area contributed by atoms with E-state index in [-0.39, 0.29) is 12.5 Å². The van der Waals surface area contributed by atoms with E-state index in [1.807, 2.05) is 18.2 Å². The molecule has 0 radical (unpaired) electrons. The van der Waals surface area contributed by atoms with Gasteiger partial charge in [-0.15, -0.1) is 0 Å². The van der Waals surface area contributed by atoms with Gasteiger partial charge in [0.1, 0.15) is 0 Å². The highest BCUT2D eigenvalue weighted by Crippen LogP contribution is 2.32. The summed E-state index contributed by atoms with van der Waals surface area (Å²) in [5.74, 6) is 0.891. The third-order valence-corrected chi connectivity index (χ3v) is 4.78. The second-order valence-corrected chi connectivity index (χ2v) is 7.02. The number of amides is 1. The molecule has 0 saturated heterocycles. The van der Waals surface area contributed by atoms with Gasteiger partial charge in [0.2, 0.25) is 12.2 Å². The second-order valence-electron chi connectivity index (χ2n) is 6.58. The standard InChI is InChI=1S/C21H18ClN3O4/c1-13-10-17(26)20(24-25(13)16-5-3-15(22)4-6-16)21(27)23-9-8-14-2-7-18-19(11-14)29-12-28-18/h2-7,10-11H,8-9,12H2,1H3,(H,23,27). The summed E-state index contributed by atoms with van der Waals surface area (Å²) >= 11 is 5.93. The molecule has 7 nitrogen and oxygen atoms in total. The van der Waals surface area contributed by atoms with E-state index in [1.165, 1.54) is 6.07 Å². The van der Waals surface area contributed by atoms with Crippen molar-refractivity contribution in [2.24, 2.45) is 0 Å². The van der Waals surface area contributed by atoms with Crippen molar-refractivity contribution in [1.29, 1.82) is 0 Å². The molecule has 0 saturated carbocycles. The summed E-state index contributed by atoms with van der Waals surface area (Å²) < 4.78 is 12.2. The highest BCUT2D eigenvalue weighted by molar-refractivity contribution is 6.30. The Morgan fingerprint density at radius 3 is 2.69 bits per heavy atom. The minimum absolute atomic E-state index is 0.156. The molecule has 1 aliphatic rings. The molecular weight excluding hydrogens is 394 g/mol. The van der Waals surface area contributed by atoms with Crippen molar-refractivity contribution >= 4 is 17.5 Å². The average molecular weight is 412 g/mol. The summed E-state index contributed by atoms with van der Waals surface area (Å²) in [7, 11) is 0. The smallest absolute Gasteiger partial charge is 0.275 e. The van der Waals surface area contributed by atoms with Crippen molar-refractivity contribution in [1.82, 2.24) is 15.1 Å². The number of hydrogen-bond donors (Lipinski definition) is 1. The molecule has 0 bridgehead atoms. The SMILES string of the molecule is Cc1cc(=O)c(C(=O)NCCc2ccc3c(c2)OCO3)nn1-c1ccc(Cl)cc1. The Kier molecular flexibility index (Phi) is 5.22. The van der Waals surface area contributed by atoms with Crippen LogP contribution in [0, 0.1) is 6.92 Å². The first-order valence-electron chi connectivity index (χ1n) is 9.05. The number of nitrogens with one attached hydrogen (secondary N) is 1. The Morgan fingerprint density at radius 1 is 1.14 bits per heavy atom. The van der Waals surface area contributed by atoms with E-state index in [4.69, 9.17) is 21.1 Å². The molecule has 0 fully saturated rings. The van der Waals surface area contributed by atoms with Crippen molar-refractivity contribution in [3.63, 3.8) is 0 Å². The van der Waals surface area contributed by atoms with Crippen LogP contribution in [0.15, 0.2) is 53.3 Å². The number of aromatic nitrogens is 2. The van der Waals surface area contributed by atoms with Crippen molar-refractivity contribution in [2.45, 2.75) is 13.3 Å². The molecule has 2 aromatic carbocycles. The largest absolute Gasteiger partial charge is 0.454 e. The molecule has 1 N–H and O–H groups in total. The number of hydrogen-bond acceptors (Lipinski definition) is 5. The highest BCUT2D eigenvalue weighted by atomic mass is 35.5. The van der Waals surface area contributed by atoms with Gasteiger partial charge in [-0.05, 0) is 55.3 Å². The Labute approximate surface area is 171 Å². The van der Waals surface area contributed by atoms with Gasteiger partial charge in [0.25, 0.3) is 5.91 Å². The molecule has 3 aromatic rings. The average Bonchev–Trinajstić information content (AvgIpc) is 3.17. The first-order chi connectivity index (χ1) is 14.0. The minimum Gasteiger partial charge on any atom is -0.454 e. The van der Waals surface area contributed by atoms with Crippen LogP contribution < -0.4 is 20.2 Å². The molecule has 8 heteroatoms. The van der Waals surface area contributed by atoms with Crippen molar-refractivity contribution in [2.75, 3.05) is 13.3 Å². The van der Waals surface area contributed by atoms with Gasteiger partial charge in [-0.1, -0.05) is 17.7 Å². The molecule has 0 unspecified atom stereocenters. The fraction of sp³-hybridized carbons (Fsp3) is 0.190. The van der Waals surface area contributed by atoms with Crippen LogP contribution in [0.25, 0.3) is 5.69 Å². The predicted molar refractivity (Wildman–Crippen MR) is 108 cm³/mol. The zero-order valence-electron chi connectivity index (χ0n) is 15.6. The minimum atomic E-state index is -0.515. The van der Waals surface area contributed by atoms with Crippen molar-refractivity contribution < 1.29 is 14.3 Å². The molecule has 0 spiro atoms. The fourth-order valence-corrected chi connectivity index (χ4v) is 3.17. The quantitative estimate of drug-likeness (QED) is 0.698. The predicted octanol–water partition coefficient (Wildman–Crippen LogP) is 2.90. The van der Waals surface area contributed by atoms with Gasteiger partial charge in [-0.2, -0.15) is 5.10 Å². The van der Waals surface area contributed by atoms with E-state index in [9.17, 15) is 9.59 Å². The Bertz CT molecular complexity index is 1130. The summed E-state index contributed by atoms with van der Waals surface area (Å²) in [6, 6.07) is 14.0. The summed E-state index contributed by atoms with van der Waals surface area (Å²) in [6.45, 7) is 2.33. The van der Waals surface area contributed by atoms with Crippen LogP contribution in [-0.2, 0) is 6.42 Å². The van der Waals surface area contributed by atoms with Gasteiger partial charge >= 0.3 is 0 Å². The number of halogens is 1. The topological polar surface area (TPSA) is 82.5 Å². The normalized spacial score (nSPS) is 12.1. The second kappa shape index (κ2) is 7.97. The molecule has 148 valence electrons.